The number of nitrogens with one attached hydrogen (secondary N) is 2. The van der Waals surface area contributed by atoms with Gasteiger partial charge in [-0.1, -0.05) is 36.4 Å². The van der Waals surface area contributed by atoms with Gasteiger partial charge in [-0.15, -0.1) is 0 Å². The summed E-state index contributed by atoms with van der Waals surface area (Å²) < 4.78 is 41.6. The largest absolute Gasteiger partial charge is 0.322 e. The molecule has 0 aromatic heterocycles. The first kappa shape index (κ1) is 28.1. The van der Waals surface area contributed by atoms with Gasteiger partial charge in [0.25, 0.3) is 5.91 Å². The van der Waals surface area contributed by atoms with Crippen LogP contribution in [-0.2, 0) is 14.8 Å². The number of hydrogen-bond acceptors (Lipinski definition) is 5. The highest BCUT2D eigenvalue weighted by Crippen LogP contribution is 2.26. The van der Waals surface area contributed by atoms with Crippen LogP contribution < -0.4 is 10.7 Å². The average molecular weight is 551 g/mol. The Labute approximate surface area is 228 Å². The molecule has 0 bridgehead atoms. The Hall–Kier alpha value is -3.89. The minimum atomic E-state index is -3.63. The van der Waals surface area contributed by atoms with Crippen molar-refractivity contribution in [1.82, 2.24) is 9.73 Å². The Morgan fingerprint density at radius 2 is 1.64 bits per heavy atom. The first-order valence-electron chi connectivity index (χ1n) is 12.6. The molecule has 1 heterocycles. The summed E-state index contributed by atoms with van der Waals surface area (Å²) in [6, 6.07) is 17.9. The zero-order valence-electron chi connectivity index (χ0n) is 22.1. The highest BCUT2D eigenvalue weighted by molar-refractivity contribution is 7.89. The van der Waals surface area contributed by atoms with Crippen molar-refractivity contribution in [3.8, 4) is 0 Å². The number of anilines is 1. The highest BCUT2D eigenvalue weighted by atomic mass is 32.2. The molecule has 3 aromatic rings. The monoisotopic (exact) mass is 550 g/mol. The topological polar surface area (TPSA) is 108 Å². The van der Waals surface area contributed by atoms with E-state index in [4.69, 9.17) is 0 Å². The molecule has 0 unspecified atom stereocenters. The van der Waals surface area contributed by atoms with Gasteiger partial charge >= 0.3 is 0 Å². The summed E-state index contributed by atoms with van der Waals surface area (Å²) in [6.45, 7) is 5.90. The van der Waals surface area contributed by atoms with Gasteiger partial charge in [0.2, 0.25) is 15.9 Å². The maximum absolute atomic E-state index is 13.8. The van der Waals surface area contributed by atoms with E-state index in [0.29, 0.717) is 34.7 Å². The zero-order valence-corrected chi connectivity index (χ0v) is 22.9. The van der Waals surface area contributed by atoms with Gasteiger partial charge in [-0.05, 0) is 80.6 Å². The van der Waals surface area contributed by atoms with Crippen molar-refractivity contribution in [3.05, 3.63) is 94.8 Å². The lowest BCUT2D eigenvalue weighted by Gasteiger charge is -2.30. The minimum absolute atomic E-state index is 0.0456. The van der Waals surface area contributed by atoms with Crippen molar-refractivity contribution in [2.45, 2.75) is 38.5 Å². The van der Waals surface area contributed by atoms with Gasteiger partial charge in [-0.3, -0.25) is 9.59 Å². The number of halogens is 1. The maximum atomic E-state index is 13.8. The number of hydrogen-bond donors (Lipinski definition) is 2. The number of aryl methyl sites for hydroxylation is 2. The molecule has 0 saturated carbocycles. The predicted molar refractivity (Wildman–Crippen MR) is 149 cm³/mol. The Morgan fingerprint density at radius 1 is 0.974 bits per heavy atom. The standard InChI is InChI=1S/C29H31FN4O4S/c1-19-8-9-20(2)27(18-19)39(37,38)34-16-14-23(15-17-34)28(35)33-32-21(3)22-10-12-24(13-11-22)31-29(36)25-6-4-5-7-26(25)30/h4-13,18,23H,14-17H2,1-3H3,(H,31,36)(H,33,35)/b32-21+. The van der Waals surface area contributed by atoms with Crippen LogP contribution in [0.25, 0.3) is 0 Å². The lowest BCUT2D eigenvalue weighted by atomic mass is 9.98. The van der Waals surface area contributed by atoms with Crippen LogP contribution in [0.15, 0.2) is 76.7 Å². The van der Waals surface area contributed by atoms with E-state index < -0.39 is 21.7 Å². The number of rotatable bonds is 7. The molecule has 1 fully saturated rings. The first-order valence-corrected chi connectivity index (χ1v) is 14.1. The normalized spacial score (nSPS) is 15.1. The molecule has 0 atom stereocenters. The van der Waals surface area contributed by atoms with E-state index in [2.05, 4.69) is 15.8 Å². The maximum Gasteiger partial charge on any atom is 0.258 e. The average Bonchev–Trinajstić information content (AvgIpc) is 2.93. The molecule has 1 aliphatic rings. The number of amides is 2. The summed E-state index contributed by atoms with van der Waals surface area (Å²) in [7, 11) is -3.63. The van der Waals surface area contributed by atoms with Crippen LogP contribution in [-0.4, -0.2) is 43.3 Å². The summed E-state index contributed by atoms with van der Waals surface area (Å²) in [4.78, 5) is 25.3. The predicted octanol–water partition coefficient (Wildman–Crippen LogP) is 4.64. The molecule has 0 radical (unpaired) electrons. The van der Waals surface area contributed by atoms with Gasteiger partial charge in [0.15, 0.2) is 0 Å². The van der Waals surface area contributed by atoms with Gasteiger partial charge in [-0.25, -0.2) is 18.2 Å². The summed E-state index contributed by atoms with van der Waals surface area (Å²) in [5.41, 5.74) is 5.91. The van der Waals surface area contributed by atoms with E-state index in [9.17, 15) is 22.4 Å². The fraction of sp³-hybridized carbons (Fsp3) is 0.276. The second-order valence-electron chi connectivity index (χ2n) is 9.63. The smallest absolute Gasteiger partial charge is 0.258 e. The van der Waals surface area contributed by atoms with Gasteiger partial charge in [0, 0.05) is 24.7 Å². The molecule has 1 aliphatic heterocycles. The first-order chi connectivity index (χ1) is 18.6. The number of piperidine rings is 1. The van der Waals surface area contributed by atoms with Crippen molar-refractivity contribution >= 4 is 33.2 Å². The van der Waals surface area contributed by atoms with E-state index in [1.54, 1.807) is 56.3 Å². The van der Waals surface area contributed by atoms with Crippen LogP contribution in [0.3, 0.4) is 0 Å². The van der Waals surface area contributed by atoms with Crippen molar-refractivity contribution in [2.24, 2.45) is 11.0 Å². The van der Waals surface area contributed by atoms with E-state index in [1.807, 2.05) is 13.0 Å². The van der Waals surface area contributed by atoms with E-state index >= 15 is 0 Å². The summed E-state index contributed by atoms with van der Waals surface area (Å²) in [6.07, 6.45) is 0.807. The van der Waals surface area contributed by atoms with E-state index in [1.165, 1.54) is 22.5 Å². The minimum Gasteiger partial charge on any atom is -0.322 e. The van der Waals surface area contributed by atoms with Gasteiger partial charge in [-0.2, -0.15) is 9.41 Å². The van der Waals surface area contributed by atoms with Crippen molar-refractivity contribution in [3.63, 3.8) is 0 Å². The number of carbonyl (C=O) groups is 2. The van der Waals surface area contributed by atoms with E-state index in [-0.39, 0.29) is 30.5 Å². The number of carbonyl (C=O) groups excluding carboxylic acids is 2. The Kier molecular flexibility index (Phi) is 8.57. The van der Waals surface area contributed by atoms with Crippen molar-refractivity contribution < 1.29 is 22.4 Å². The van der Waals surface area contributed by atoms with E-state index in [0.717, 1.165) is 11.1 Å². The number of nitrogens with zero attached hydrogens (tertiary/aromatic N) is 2. The molecule has 2 amide bonds. The van der Waals surface area contributed by atoms with Crippen LogP contribution in [0.1, 0.15) is 46.8 Å². The number of benzene rings is 3. The number of sulfonamides is 1. The molecule has 0 spiro atoms. The Balaban J connectivity index is 1.31. The summed E-state index contributed by atoms with van der Waals surface area (Å²) in [5.74, 6) is -1.75. The molecule has 39 heavy (non-hydrogen) atoms. The molecule has 4 rings (SSSR count). The van der Waals surface area contributed by atoms with Gasteiger partial charge < -0.3 is 5.32 Å². The lowest BCUT2D eigenvalue weighted by Crippen LogP contribution is -2.42. The van der Waals surface area contributed by atoms with Crippen LogP contribution in [0.4, 0.5) is 10.1 Å². The quantitative estimate of drug-likeness (QED) is 0.330. The fourth-order valence-electron chi connectivity index (χ4n) is 4.42. The molecule has 204 valence electrons. The molecule has 3 aromatic carbocycles. The lowest BCUT2D eigenvalue weighted by molar-refractivity contribution is -0.126. The Bertz CT molecular complexity index is 1510. The van der Waals surface area contributed by atoms with Crippen LogP contribution in [0, 0.1) is 25.6 Å². The molecule has 2 N–H and O–H groups in total. The van der Waals surface area contributed by atoms with Gasteiger partial charge in [0.05, 0.1) is 16.2 Å². The van der Waals surface area contributed by atoms with Crippen LogP contribution in [0.5, 0.6) is 0 Å². The summed E-state index contributed by atoms with van der Waals surface area (Å²) >= 11 is 0. The summed E-state index contributed by atoms with van der Waals surface area (Å²) in [5, 5.41) is 6.86. The Morgan fingerprint density at radius 3 is 2.31 bits per heavy atom. The fourth-order valence-corrected chi connectivity index (χ4v) is 6.20. The molecule has 8 nitrogen and oxygen atoms in total. The van der Waals surface area contributed by atoms with Crippen LogP contribution in [0.2, 0.25) is 0 Å². The SMILES string of the molecule is C/C(=N\NC(=O)C1CCN(S(=O)(=O)c2cc(C)ccc2C)CC1)c1ccc(NC(=O)c2ccccc2F)cc1. The van der Waals surface area contributed by atoms with Gasteiger partial charge in [0.1, 0.15) is 5.82 Å². The molecular weight excluding hydrogens is 519 g/mol. The zero-order chi connectivity index (χ0) is 28.2. The van der Waals surface area contributed by atoms with Crippen LogP contribution >= 0.6 is 0 Å². The molecule has 1 saturated heterocycles. The molecular formula is C29H31FN4O4S. The highest BCUT2D eigenvalue weighted by Gasteiger charge is 2.33. The second kappa shape index (κ2) is 11.9. The molecule has 0 aliphatic carbocycles. The van der Waals surface area contributed by atoms with Crippen molar-refractivity contribution in [1.29, 1.82) is 0 Å². The number of hydrazone groups is 1. The van der Waals surface area contributed by atoms with Crippen molar-refractivity contribution in [2.75, 3.05) is 18.4 Å². The second-order valence-corrected chi connectivity index (χ2v) is 11.5. The third-order valence-electron chi connectivity index (χ3n) is 6.80. The molecule has 10 heteroatoms. The third-order valence-corrected chi connectivity index (χ3v) is 8.84. The third kappa shape index (κ3) is 6.58.